The molecule has 12 nitrogen and oxygen atoms in total. The van der Waals surface area contributed by atoms with E-state index in [9.17, 15) is 39.8 Å². The van der Waals surface area contributed by atoms with Crippen LogP contribution in [0.15, 0.2) is 24.3 Å². The number of carbonyl (C=O) groups is 1. The average molecular weight is 1050 g/mol. The van der Waals surface area contributed by atoms with Crippen LogP contribution >= 0.6 is 7.82 Å². The maximum atomic E-state index is 12.9. The summed E-state index contributed by atoms with van der Waals surface area (Å²) in [4.78, 5) is 23.3. The van der Waals surface area contributed by atoms with Crippen molar-refractivity contribution in [3.8, 4) is 0 Å². The van der Waals surface area contributed by atoms with Crippen LogP contribution in [-0.4, -0.2) is 98.9 Å². The van der Waals surface area contributed by atoms with E-state index in [-0.39, 0.29) is 13.0 Å². The Morgan fingerprint density at radius 3 is 1.10 bits per heavy atom. The van der Waals surface area contributed by atoms with Gasteiger partial charge in [0, 0.05) is 13.0 Å². The third-order valence-electron chi connectivity index (χ3n) is 14.3. The average Bonchev–Trinajstić information content (AvgIpc) is 3.37. The zero-order chi connectivity index (χ0) is 52.6. The van der Waals surface area contributed by atoms with Crippen molar-refractivity contribution in [1.82, 2.24) is 0 Å². The quantitative estimate of drug-likeness (QED) is 0.0146. The first-order valence-electron chi connectivity index (χ1n) is 30.2. The molecular weight excluding hydrogens is 932 g/mol. The zero-order valence-corrected chi connectivity index (χ0v) is 47.1. The Bertz CT molecular complexity index is 1280. The largest absolute Gasteiger partial charge is 0.472 e. The molecule has 1 aliphatic rings. The summed E-state index contributed by atoms with van der Waals surface area (Å²) in [7, 11) is -5.03. The molecule has 6 unspecified atom stereocenters. The monoisotopic (exact) mass is 1040 g/mol. The number of ether oxygens (including phenoxy) is 2. The van der Waals surface area contributed by atoms with Gasteiger partial charge in [-0.25, -0.2) is 4.57 Å². The Hall–Kier alpha value is -1.18. The lowest BCUT2D eigenvalue weighted by Gasteiger charge is -2.41. The number of carbonyl (C=O) groups excluding carboxylic acids is 1. The van der Waals surface area contributed by atoms with Crippen molar-refractivity contribution in [2.24, 2.45) is 0 Å². The van der Waals surface area contributed by atoms with Crippen molar-refractivity contribution in [1.29, 1.82) is 0 Å². The van der Waals surface area contributed by atoms with E-state index in [0.717, 1.165) is 38.5 Å². The molecule has 0 aromatic rings. The summed E-state index contributed by atoms with van der Waals surface area (Å²) in [5.74, 6) is -0.474. The SMILES string of the molecule is CCCCCCCCCC/C=C\CCCCCCCCCCCCCCOCC(COP(=O)(O)OC1C(O)C(O)C(O)C(O)C1O)OC(=O)CCCCCCCCCCC/C=C\CCCCCCCCCC. The van der Waals surface area contributed by atoms with Crippen LogP contribution in [0.1, 0.15) is 284 Å². The topological polar surface area (TPSA) is 192 Å². The molecular formula is C59H113O12P. The molecule has 0 spiro atoms. The van der Waals surface area contributed by atoms with Gasteiger partial charge in [-0.05, 0) is 64.2 Å². The van der Waals surface area contributed by atoms with Gasteiger partial charge in [0.15, 0.2) is 0 Å². The minimum atomic E-state index is -5.03. The highest BCUT2D eigenvalue weighted by Crippen LogP contribution is 2.47. The third-order valence-corrected chi connectivity index (χ3v) is 15.3. The van der Waals surface area contributed by atoms with Gasteiger partial charge < -0.3 is 39.9 Å². The van der Waals surface area contributed by atoms with Crippen LogP contribution in [0.25, 0.3) is 0 Å². The highest BCUT2D eigenvalue weighted by atomic mass is 31.2. The summed E-state index contributed by atoms with van der Waals surface area (Å²) in [6, 6.07) is 0. The molecule has 0 aromatic carbocycles. The second-order valence-electron chi connectivity index (χ2n) is 21.2. The van der Waals surface area contributed by atoms with E-state index in [1.54, 1.807) is 0 Å². The lowest BCUT2D eigenvalue weighted by Crippen LogP contribution is -2.64. The van der Waals surface area contributed by atoms with Crippen molar-refractivity contribution in [2.45, 2.75) is 326 Å². The fraction of sp³-hybridized carbons (Fsp3) is 0.915. The molecule has 426 valence electrons. The number of hydrogen-bond acceptors (Lipinski definition) is 11. The van der Waals surface area contributed by atoms with Crippen molar-refractivity contribution < 1.29 is 58.3 Å². The second-order valence-corrected chi connectivity index (χ2v) is 22.6. The molecule has 0 aromatic heterocycles. The van der Waals surface area contributed by atoms with E-state index in [1.165, 1.54) is 218 Å². The molecule has 6 atom stereocenters. The van der Waals surface area contributed by atoms with Crippen LogP contribution < -0.4 is 0 Å². The number of esters is 1. The predicted octanol–water partition coefficient (Wildman–Crippen LogP) is 14.8. The van der Waals surface area contributed by atoms with E-state index in [2.05, 4.69) is 38.2 Å². The molecule has 1 rings (SSSR count). The lowest BCUT2D eigenvalue weighted by molar-refractivity contribution is -0.220. The van der Waals surface area contributed by atoms with Gasteiger partial charge in [-0.2, -0.15) is 0 Å². The number of aliphatic hydroxyl groups is 5. The van der Waals surface area contributed by atoms with Gasteiger partial charge in [0.2, 0.25) is 0 Å². The van der Waals surface area contributed by atoms with Gasteiger partial charge >= 0.3 is 13.8 Å². The molecule has 1 saturated carbocycles. The number of phosphoric ester groups is 1. The summed E-state index contributed by atoms with van der Waals surface area (Å²) < 4.78 is 34.5. The Kier molecular flexibility index (Phi) is 47.2. The van der Waals surface area contributed by atoms with Gasteiger partial charge in [-0.3, -0.25) is 13.8 Å². The van der Waals surface area contributed by atoms with Gasteiger partial charge in [0.1, 0.15) is 42.7 Å². The van der Waals surface area contributed by atoms with Crippen LogP contribution in [0.5, 0.6) is 0 Å². The number of phosphoric acid groups is 1. The molecule has 1 aliphatic carbocycles. The molecule has 6 N–H and O–H groups in total. The van der Waals surface area contributed by atoms with Gasteiger partial charge in [-0.1, -0.05) is 237 Å². The van der Waals surface area contributed by atoms with Crippen molar-refractivity contribution in [3.05, 3.63) is 24.3 Å². The van der Waals surface area contributed by atoms with Crippen molar-refractivity contribution >= 4 is 13.8 Å². The molecule has 13 heteroatoms. The van der Waals surface area contributed by atoms with Crippen LogP contribution in [-0.2, 0) is 27.9 Å². The number of unbranched alkanes of at least 4 members (excludes halogenated alkanes) is 37. The Balaban J connectivity index is 2.25. The summed E-state index contributed by atoms with van der Waals surface area (Å²) in [6.45, 7) is 4.32. The smallest absolute Gasteiger partial charge is 0.457 e. The Labute approximate surface area is 440 Å². The zero-order valence-electron chi connectivity index (χ0n) is 46.3. The summed E-state index contributed by atoms with van der Waals surface area (Å²) in [5.41, 5.74) is 0. The van der Waals surface area contributed by atoms with Crippen LogP contribution in [0.2, 0.25) is 0 Å². The Morgan fingerprint density at radius 1 is 0.431 bits per heavy atom. The van der Waals surface area contributed by atoms with E-state index < -0.39 is 63.1 Å². The van der Waals surface area contributed by atoms with Crippen LogP contribution in [0, 0.1) is 0 Å². The van der Waals surface area contributed by atoms with Gasteiger partial charge in [0.05, 0.1) is 13.2 Å². The van der Waals surface area contributed by atoms with E-state index in [0.29, 0.717) is 13.0 Å². The minimum absolute atomic E-state index is 0.0737. The standard InChI is InChI=1S/C59H113O12P/c1-3-5-7-9-11-13-15-17-19-21-23-25-26-27-29-31-33-35-37-39-41-43-45-47-49-68-50-52(51-69-72(66,67)71-59-57(64)55(62)54(61)56(63)58(59)65)70-53(60)48-46-44-42-40-38-36-34-32-30-28-24-22-20-18-16-14-12-10-8-6-4-2/h21-24,52,54-59,61-65H,3-20,25-51H2,1-2H3,(H,66,67)/b23-21-,24-22-. The second kappa shape index (κ2) is 49.4. The third kappa shape index (κ3) is 40.1. The number of hydrogen-bond donors (Lipinski definition) is 6. The highest BCUT2D eigenvalue weighted by molar-refractivity contribution is 7.47. The van der Waals surface area contributed by atoms with Crippen molar-refractivity contribution in [3.63, 3.8) is 0 Å². The first-order chi connectivity index (χ1) is 35.0. The summed E-state index contributed by atoms with van der Waals surface area (Å²) >= 11 is 0. The van der Waals surface area contributed by atoms with Gasteiger partial charge in [-0.15, -0.1) is 0 Å². The first kappa shape index (κ1) is 68.8. The maximum Gasteiger partial charge on any atom is 0.472 e. The number of allylic oxidation sites excluding steroid dienone is 4. The summed E-state index contributed by atoms with van der Waals surface area (Å²) in [6.07, 6.45) is 48.2. The van der Waals surface area contributed by atoms with Crippen LogP contribution in [0.3, 0.4) is 0 Å². The maximum absolute atomic E-state index is 12.9. The Morgan fingerprint density at radius 2 is 0.736 bits per heavy atom. The molecule has 0 heterocycles. The molecule has 0 saturated heterocycles. The molecule has 72 heavy (non-hydrogen) atoms. The first-order valence-corrected chi connectivity index (χ1v) is 31.7. The molecule has 1 fully saturated rings. The van der Waals surface area contributed by atoms with Crippen LogP contribution in [0.4, 0.5) is 0 Å². The minimum Gasteiger partial charge on any atom is -0.457 e. The number of aliphatic hydroxyl groups excluding tert-OH is 5. The summed E-state index contributed by atoms with van der Waals surface area (Å²) in [5, 5.41) is 50.5. The van der Waals surface area contributed by atoms with E-state index in [4.69, 9.17) is 18.5 Å². The fourth-order valence-electron chi connectivity index (χ4n) is 9.53. The highest BCUT2D eigenvalue weighted by Gasteiger charge is 2.51. The fourth-order valence-corrected chi connectivity index (χ4v) is 10.5. The molecule has 0 amide bonds. The normalized spacial score (nSPS) is 20.7. The predicted molar refractivity (Wildman–Crippen MR) is 295 cm³/mol. The van der Waals surface area contributed by atoms with Gasteiger partial charge in [0.25, 0.3) is 0 Å². The van der Waals surface area contributed by atoms with E-state index >= 15 is 0 Å². The lowest BCUT2D eigenvalue weighted by atomic mass is 9.85. The number of rotatable bonds is 53. The van der Waals surface area contributed by atoms with E-state index in [1.807, 2.05) is 0 Å². The van der Waals surface area contributed by atoms with Crippen molar-refractivity contribution in [2.75, 3.05) is 19.8 Å². The molecule has 0 radical (unpaired) electrons. The molecule has 0 bridgehead atoms. The molecule has 0 aliphatic heterocycles.